The van der Waals surface area contributed by atoms with Gasteiger partial charge in [-0.05, 0) is 25.1 Å². The van der Waals surface area contributed by atoms with E-state index in [1.165, 1.54) is 0 Å². The number of methoxy groups -OCH3 is 1. The summed E-state index contributed by atoms with van der Waals surface area (Å²) >= 11 is 0. The van der Waals surface area contributed by atoms with Gasteiger partial charge in [-0.15, -0.1) is 0 Å². The van der Waals surface area contributed by atoms with Gasteiger partial charge in [-0.25, -0.2) is 0 Å². The molecular weight excluding hydrogens is 266 g/mol. The summed E-state index contributed by atoms with van der Waals surface area (Å²) in [5.41, 5.74) is 2.97. The van der Waals surface area contributed by atoms with Gasteiger partial charge in [0.15, 0.2) is 0 Å². The molecular formula is C17H19NO3. The maximum atomic E-state index is 11.1. The summed E-state index contributed by atoms with van der Waals surface area (Å²) in [6.07, 6.45) is 0. The molecule has 0 bridgehead atoms. The Morgan fingerprint density at radius 3 is 2.52 bits per heavy atom. The Labute approximate surface area is 124 Å². The van der Waals surface area contributed by atoms with E-state index in [4.69, 9.17) is 9.84 Å². The van der Waals surface area contributed by atoms with E-state index in [0.29, 0.717) is 6.54 Å². The lowest BCUT2D eigenvalue weighted by atomic mass is 10.1. The van der Waals surface area contributed by atoms with Crippen LogP contribution in [0.2, 0.25) is 0 Å². The van der Waals surface area contributed by atoms with Gasteiger partial charge < -0.3 is 14.7 Å². The van der Waals surface area contributed by atoms with Crippen LogP contribution in [0.4, 0.5) is 5.69 Å². The van der Waals surface area contributed by atoms with Gasteiger partial charge in [0.2, 0.25) is 0 Å². The van der Waals surface area contributed by atoms with Crippen molar-refractivity contribution in [2.24, 2.45) is 0 Å². The lowest BCUT2D eigenvalue weighted by molar-refractivity contribution is -0.135. The molecule has 0 aliphatic heterocycles. The molecule has 2 rings (SSSR count). The van der Waals surface area contributed by atoms with Crippen molar-refractivity contribution in [3.8, 4) is 5.75 Å². The quantitative estimate of drug-likeness (QED) is 0.886. The zero-order valence-corrected chi connectivity index (χ0v) is 12.2. The number of hydrogen-bond donors (Lipinski definition) is 1. The van der Waals surface area contributed by atoms with Crippen molar-refractivity contribution in [2.75, 3.05) is 18.6 Å². The minimum Gasteiger partial charge on any atom is -0.496 e. The molecule has 0 aromatic heterocycles. The fourth-order valence-electron chi connectivity index (χ4n) is 2.28. The normalized spacial score (nSPS) is 10.2. The third-order valence-electron chi connectivity index (χ3n) is 3.24. The van der Waals surface area contributed by atoms with Gasteiger partial charge in [0.25, 0.3) is 0 Å². The molecule has 4 heteroatoms. The Hall–Kier alpha value is -2.49. The summed E-state index contributed by atoms with van der Waals surface area (Å²) < 4.78 is 5.37. The summed E-state index contributed by atoms with van der Waals surface area (Å²) in [6.45, 7) is 2.44. The average molecular weight is 285 g/mol. The summed E-state index contributed by atoms with van der Waals surface area (Å²) in [6, 6.07) is 15.4. The van der Waals surface area contributed by atoms with E-state index in [1.54, 1.807) is 7.11 Å². The molecule has 2 aromatic rings. The van der Waals surface area contributed by atoms with Crippen molar-refractivity contribution in [3.63, 3.8) is 0 Å². The number of ether oxygens (including phenoxy) is 1. The van der Waals surface area contributed by atoms with Crippen molar-refractivity contribution in [3.05, 3.63) is 59.7 Å². The van der Waals surface area contributed by atoms with Crippen LogP contribution >= 0.6 is 0 Å². The molecule has 0 amide bonds. The highest BCUT2D eigenvalue weighted by molar-refractivity contribution is 5.73. The number of carboxylic acids is 1. The first-order valence-corrected chi connectivity index (χ1v) is 6.75. The molecule has 0 heterocycles. The highest BCUT2D eigenvalue weighted by Crippen LogP contribution is 2.24. The number of anilines is 1. The van der Waals surface area contributed by atoms with Crippen LogP contribution in [0.25, 0.3) is 0 Å². The van der Waals surface area contributed by atoms with E-state index in [-0.39, 0.29) is 6.54 Å². The second kappa shape index (κ2) is 6.79. The first-order chi connectivity index (χ1) is 10.1. The molecule has 4 nitrogen and oxygen atoms in total. The predicted octanol–water partition coefficient (Wildman–Crippen LogP) is 3.09. The van der Waals surface area contributed by atoms with Crippen LogP contribution in [0.1, 0.15) is 11.1 Å². The lowest BCUT2D eigenvalue weighted by Crippen LogP contribution is -2.29. The van der Waals surface area contributed by atoms with Crippen molar-refractivity contribution in [2.45, 2.75) is 13.5 Å². The number of carboxylic acid groups (broad SMARTS) is 1. The Balaban J connectivity index is 2.31. The van der Waals surface area contributed by atoms with Crippen molar-refractivity contribution in [1.82, 2.24) is 0 Å². The largest absolute Gasteiger partial charge is 0.496 e. The number of rotatable bonds is 6. The SMILES string of the molecule is COc1ccc(C)cc1CN(CC(=O)O)c1ccccc1. The standard InChI is InChI=1S/C17H19NO3/c1-13-8-9-16(21-2)14(10-13)11-18(12-17(19)20)15-6-4-3-5-7-15/h3-10H,11-12H2,1-2H3,(H,19,20). The van der Waals surface area contributed by atoms with Crippen LogP contribution in [0.3, 0.4) is 0 Å². The van der Waals surface area contributed by atoms with Crippen LogP contribution < -0.4 is 9.64 Å². The summed E-state index contributed by atoms with van der Waals surface area (Å²) in [7, 11) is 1.62. The molecule has 0 saturated heterocycles. The van der Waals surface area contributed by atoms with E-state index in [0.717, 1.165) is 22.6 Å². The minimum absolute atomic E-state index is 0.0545. The average Bonchev–Trinajstić information content (AvgIpc) is 2.47. The number of carbonyl (C=O) groups is 1. The van der Waals surface area contributed by atoms with Crippen LogP contribution in [-0.4, -0.2) is 24.7 Å². The number of aryl methyl sites for hydroxylation is 1. The third kappa shape index (κ3) is 3.99. The van der Waals surface area contributed by atoms with E-state index < -0.39 is 5.97 Å². The highest BCUT2D eigenvalue weighted by atomic mass is 16.5. The maximum Gasteiger partial charge on any atom is 0.323 e. The molecule has 0 spiro atoms. The molecule has 110 valence electrons. The number of hydrogen-bond acceptors (Lipinski definition) is 3. The lowest BCUT2D eigenvalue weighted by Gasteiger charge is -2.24. The zero-order valence-electron chi connectivity index (χ0n) is 12.2. The first kappa shape index (κ1) is 14.9. The predicted molar refractivity (Wildman–Crippen MR) is 82.9 cm³/mol. The second-order valence-electron chi connectivity index (χ2n) is 4.90. The van der Waals surface area contributed by atoms with Crippen molar-refractivity contribution in [1.29, 1.82) is 0 Å². The molecule has 0 aliphatic carbocycles. The van der Waals surface area contributed by atoms with Crippen LogP contribution in [0.5, 0.6) is 5.75 Å². The molecule has 0 atom stereocenters. The number of benzene rings is 2. The van der Waals surface area contributed by atoms with Crippen LogP contribution in [0.15, 0.2) is 48.5 Å². The van der Waals surface area contributed by atoms with Gasteiger partial charge in [-0.3, -0.25) is 4.79 Å². The monoisotopic (exact) mass is 285 g/mol. The molecule has 0 aliphatic rings. The van der Waals surface area contributed by atoms with Gasteiger partial charge in [0.1, 0.15) is 12.3 Å². The number of aliphatic carboxylic acids is 1. The van der Waals surface area contributed by atoms with Gasteiger partial charge >= 0.3 is 5.97 Å². The first-order valence-electron chi connectivity index (χ1n) is 6.75. The topological polar surface area (TPSA) is 49.8 Å². The van der Waals surface area contributed by atoms with Crippen LogP contribution in [-0.2, 0) is 11.3 Å². The minimum atomic E-state index is -0.856. The molecule has 0 saturated carbocycles. The molecule has 21 heavy (non-hydrogen) atoms. The van der Waals surface area contributed by atoms with E-state index in [1.807, 2.05) is 60.4 Å². The van der Waals surface area contributed by atoms with Gasteiger partial charge in [-0.2, -0.15) is 0 Å². The molecule has 2 aromatic carbocycles. The van der Waals surface area contributed by atoms with E-state index >= 15 is 0 Å². The third-order valence-corrected chi connectivity index (χ3v) is 3.24. The second-order valence-corrected chi connectivity index (χ2v) is 4.90. The van der Waals surface area contributed by atoms with E-state index in [2.05, 4.69) is 0 Å². The number of nitrogens with zero attached hydrogens (tertiary/aromatic N) is 1. The Morgan fingerprint density at radius 1 is 1.19 bits per heavy atom. The fraction of sp³-hybridized carbons (Fsp3) is 0.235. The molecule has 1 N–H and O–H groups in total. The van der Waals surface area contributed by atoms with Crippen molar-refractivity contribution < 1.29 is 14.6 Å². The molecule has 0 radical (unpaired) electrons. The Bertz CT molecular complexity index is 611. The van der Waals surface area contributed by atoms with Gasteiger partial charge in [0.05, 0.1) is 7.11 Å². The Morgan fingerprint density at radius 2 is 1.90 bits per heavy atom. The van der Waals surface area contributed by atoms with Gasteiger partial charge in [-0.1, -0.05) is 35.9 Å². The summed E-state index contributed by atoms with van der Waals surface area (Å²) in [4.78, 5) is 12.9. The van der Waals surface area contributed by atoms with Gasteiger partial charge in [0, 0.05) is 17.8 Å². The number of para-hydroxylation sites is 1. The molecule has 0 fully saturated rings. The van der Waals surface area contributed by atoms with Crippen molar-refractivity contribution >= 4 is 11.7 Å². The molecule has 0 unspecified atom stereocenters. The zero-order chi connectivity index (χ0) is 15.2. The fourth-order valence-corrected chi connectivity index (χ4v) is 2.28. The smallest absolute Gasteiger partial charge is 0.323 e. The maximum absolute atomic E-state index is 11.1. The van der Waals surface area contributed by atoms with E-state index in [9.17, 15) is 4.79 Å². The Kier molecular flexibility index (Phi) is 4.82. The summed E-state index contributed by atoms with van der Waals surface area (Å²) in [5, 5.41) is 9.13. The summed E-state index contributed by atoms with van der Waals surface area (Å²) in [5.74, 6) is -0.0857. The highest BCUT2D eigenvalue weighted by Gasteiger charge is 2.14. The van der Waals surface area contributed by atoms with Crippen LogP contribution in [0, 0.1) is 6.92 Å².